The number of nitrogens with zero attached hydrogens (tertiary/aromatic N) is 2. The molecule has 25 heavy (non-hydrogen) atoms. The number of carbonyl (C=O) groups is 1. The minimum atomic E-state index is -0.626. The van der Waals surface area contributed by atoms with Gasteiger partial charge in [-0.25, -0.2) is 4.79 Å². The molecule has 0 aliphatic carbocycles. The van der Waals surface area contributed by atoms with Crippen molar-refractivity contribution in [2.24, 2.45) is 0 Å². The Hall–Kier alpha value is -3.21. The maximum absolute atomic E-state index is 12.0. The lowest BCUT2D eigenvalue weighted by atomic mass is 10.1. The van der Waals surface area contributed by atoms with Crippen molar-refractivity contribution in [2.45, 2.75) is 20.0 Å². The van der Waals surface area contributed by atoms with Gasteiger partial charge in [-0.2, -0.15) is 0 Å². The molecule has 0 saturated heterocycles. The summed E-state index contributed by atoms with van der Waals surface area (Å²) >= 11 is 0. The summed E-state index contributed by atoms with van der Waals surface area (Å²) in [6.07, 6.45) is 2.50. The van der Waals surface area contributed by atoms with Crippen LogP contribution in [0.5, 0.6) is 0 Å². The molecular weight excluding hydrogens is 316 g/mol. The summed E-state index contributed by atoms with van der Waals surface area (Å²) in [5.74, 6) is 0.195. The number of aromatic nitrogens is 2. The summed E-state index contributed by atoms with van der Waals surface area (Å²) in [4.78, 5) is 12.0. The Morgan fingerprint density at radius 2 is 1.80 bits per heavy atom. The van der Waals surface area contributed by atoms with Crippen LogP contribution < -0.4 is 0 Å². The SMILES string of the molecule is Cc1ccccc1/C=C/C(=O)O[C@@H](C)c1nnc(-c2ccccc2)o1. The van der Waals surface area contributed by atoms with Crippen LogP contribution in [0.25, 0.3) is 17.5 Å². The number of carbonyl (C=O) groups excluding carboxylic acids is 1. The minimum absolute atomic E-state index is 0.261. The average molecular weight is 334 g/mol. The second-order valence-corrected chi connectivity index (χ2v) is 5.58. The number of esters is 1. The number of benzene rings is 2. The molecule has 0 aliphatic heterocycles. The van der Waals surface area contributed by atoms with Gasteiger partial charge in [-0.15, -0.1) is 10.2 Å². The highest BCUT2D eigenvalue weighted by Crippen LogP contribution is 2.22. The molecule has 0 saturated carbocycles. The monoisotopic (exact) mass is 334 g/mol. The fourth-order valence-electron chi connectivity index (χ4n) is 2.29. The van der Waals surface area contributed by atoms with E-state index in [-0.39, 0.29) is 5.89 Å². The molecule has 0 fully saturated rings. The summed E-state index contributed by atoms with van der Waals surface area (Å²) in [6, 6.07) is 17.2. The van der Waals surface area contributed by atoms with E-state index in [9.17, 15) is 4.79 Å². The van der Waals surface area contributed by atoms with Gasteiger partial charge in [0.05, 0.1) is 0 Å². The van der Waals surface area contributed by atoms with Crippen LogP contribution in [-0.2, 0) is 9.53 Å². The van der Waals surface area contributed by atoms with E-state index in [0.29, 0.717) is 5.89 Å². The molecule has 5 nitrogen and oxygen atoms in total. The standard InChI is InChI=1S/C20H18N2O3/c1-14-8-6-7-9-16(14)12-13-18(23)24-15(2)19-21-22-20(25-19)17-10-4-3-5-11-17/h3-13,15H,1-2H3/b13-12+/t15-/m0/s1. The second-order valence-electron chi connectivity index (χ2n) is 5.58. The van der Waals surface area contributed by atoms with E-state index >= 15 is 0 Å². The largest absolute Gasteiger partial charge is 0.449 e. The zero-order chi connectivity index (χ0) is 17.6. The van der Waals surface area contributed by atoms with Gasteiger partial charge in [0, 0.05) is 11.6 Å². The van der Waals surface area contributed by atoms with Crippen molar-refractivity contribution in [3.05, 3.63) is 77.7 Å². The first-order valence-corrected chi connectivity index (χ1v) is 7.96. The van der Waals surface area contributed by atoms with E-state index in [0.717, 1.165) is 16.7 Å². The van der Waals surface area contributed by atoms with Crippen molar-refractivity contribution < 1.29 is 13.9 Å². The Morgan fingerprint density at radius 3 is 2.56 bits per heavy atom. The topological polar surface area (TPSA) is 65.2 Å². The third-order valence-corrected chi connectivity index (χ3v) is 3.69. The van der Waals surface area contributed by atoms with Crippen LogP contribution in [0, 0.1) is 6.92 Å². The number of hydrogen-bond acceptors (Lipinski definition) is 5. The molecule has 1 heterocycles. The molecule has 2 aromatic carbocycles. The van der Waals surface area contributed by atoms with E-state index in [1.165, 1.54) is 6.08 Å². The number of ether oxygens (including phenoxy) is 1. The molecule has 0 amide bonds. The molecule has 1 aromatic heterocycles. The molecule has 5 heteroatoms. The van der Waals surface area contributed by atoms with Gasteiger partial charge in [0.1, 0.15) is 0 Å². The highest BCUT2D eigenvalue weighted by atomic mass is 16.6. The molecule has 0 aliphatic rings. The minimum Gasteiger partial charge on any atom is -0.449 e. The first-order chi connectivity index (χ1) is 12.1. The lowest BCUT2D eigenvalue weighted by Gasteiger charge is -2.07. The van der Waals surface area contributed by atoms with Crippen LogP contribution in [0.1, 0.15) is 30.0 Å². The van der Waals surface area contributed by atoms with Gasteiger partial charge in [-0.05, 0) is 43.2 Å². The summed E-state index contributed by atoms with van der Waals surface area (Å²) < 4.78 is 10.9. The lowest BCUT2D eigenvalue weighted by molar-refractivity contribution is -0.143. The zero-order valence-corrected chi connectivity index (χ0v) is 14.0. The van der Waals surface area contributed by atoms with Crippen molar-refractivity contribution in [2.75, 3.05) is 0 Å². The molecular formula is C20H18N2O3. The van der Waals surface area contributed by atoms with Crippen molar-refractivity contribution in [1.29, 1.82) is 0 Å². The highest BCUT2D eigenvalue weighted by molar-refractivity contribution is 5.87. The van der Waals surface area contributed by atoms with Crippen molar-refractivity contribution in [3.63, 3.8) is 0 Å². The van der Waals surface area contributed by atoms with Gasteiger partial charge in [-0.3, -0.25) is 0 Å². The van der Waals surface area contributed by atoms with Crippen LogP contribution >= 0.6 is 0 Å². The lowest BCUT2D eigenvalue weighted by Crippen LogP contribution is -2.06. The summed E-state index contributed by atoms with van der Waals surface area (Å²) in [6.45, 7) is 3.68. The quantitative estimate of drug-likeness (QED) is 0.512. The van der Waals surface area contributed by atoms with Crippen LogP contribution in [0.15, 0.2) is 65.1 Å². The Bertz CT molecular complexity index is 885. The van der Waals surface area contributed by atoms with Gasteiger partial charge in [0.2, 0.25) is 5.89 Å². The second kappa shape index (κ2) is 7.57. The van der Waals surface area contributed by atoms with E-state index in [1.54, 1.807) is 13.0 Å². The van der Waals surface area contributed by atoms with Crippen LogP contribution in [-0.4, -0.2) is 16.2 Å². The maximum Gasteiger partial charge on any atom is 0.331 e. The third kappa shape index (κ3) is 4.20. The number of hydrogen-bond donors (Lipinski definition) is 0. The molecule has 3 aromatic rings. The van der Waals surface area contributed by atoms with E-state index < -0.39 is 12.1 Å². The summed E-state index contributed by atoms with van der Waals surface area (Å²) in [5, 5.41) is 7.95. The van der Waals surface area contributed by atoms with E-state index in [4.69, 9.17) is 9.15 Å². The third-order valence-electron chi connectivity index (χ3n) is 3.69. The Balaban J connectivity index is 1.64. The summed E-state index contributed by atoms with van der Waals surface area (Å²) in [5.41, 5.74) is 2.87. The molecule has 0 radical (unpaired) electrons. The van der Waals surface area contributed by atoms with Crippen LogP contribution in [0.2, 0.25) is 0 Å². The predicted molar refractivity (Wildman–Crippen MR) is 94.5 cm³/mol. The molecule has 1 atom stereocenters. The van der Waals surface area contributed by atoms with Gasteiger partial charge < -0.3 is 9.15 Å². The Kier molecular flexibility index (Phi) is 5.04. The van der Waals surface area contributed by atoms with Crippen LogP contribution in [0.3, 0.4) is 0 Å². The number of rotatable bonds is 5. The zero-order valence-electron chi connectivity index (χ0n) is 14.0. The normalized spacial score (nSPS) is 12.2. The van der Waals surface area contributed by atoms with Gasteiger partial charge in [0.25, 0.3) is 5.89 Å². The van der Waals surface area contributed by atoms with E-state index in [2.05, 4.69) is 10.2 Å². The van der Waals surface area contributed by atoms with Gasteiger partial charge >= 0.3 is 5.97 Å². The Labute approximate surface area is 146 Å². The average Bonchev–Trinajstić information content (AvgIpc) is 3.12. The first kappa shape index (κ1) is 16.6. The van der Waals surface area contributed by atoms with Gasteiger partial charge in [-0.1, -0.05) is 42.5 Å². The summed E-state index contributed by atoms with van der Waals surface area (Å²) in [7, 11) is 0. The fraction of sp³-hybridized carbons (Fsp3) is 0.150. The molecule has 0 unspecified atom stereocenters. The first-order valence-electron chi connectivity index (χ1n) is 7.96. The molecule has 3 rings (SSSR count). The highest BCUT2D eigenvalue weighted by Gasteiger charge is 2.17. The predicted octanol–water partition coefficient (Wildman–Crippen LogP) is 4.36. The number of aryl methyl sites for hydroxylation is 1. The molecule has 0 bridgehead atoms. The maximum atomic E-state index is 12.0. The van der Waals surface area contributed by atoms with Gasteiger partial charge in [0.15, 0.2) is 6.10 Å². The Morgan fingerprint density at radius 1 is 1.08 bits per heavy atom. The van der Waals surface area contributed by atoms with Crippen molar-refractivity contribution >= 4 is 12.0 Å². The van der Waals surface area contributed by atoms with Crippen molar-refractivity contribution in [1.82, 2.24) is 10.2 Å². The molecule has 126 valence electrons. The molecule has 0 N–H and O–H groups in total. The fourth-order valence-corrected chi connectivity index (χ4v) is 2.29. The van der Waals surface area contributed by atoms with Crippen LogP contribution in [0.4, 0.5) is 0 Å². The molecule has 0 spiro atoms. The van der Waals surface area contributed by atoms with E-state index in [1.807, 2.05) is 61.5 Å². The smallest absolute Gasteiger partial charge is 0.331 e. The van der Waals surface area contributed by atoms with Crippen molar-refractivity contribution in [3.8, 4) is 11.5 Å².